The second kappa shape index (κ2) is 14.7. The van der Waals surface area contributed by atoms with Gasteiger partial charge in [-0.3, -0.25) is 4.98 Å². The molecule has 0 saturated heterocycles. The molecule has 3 aromatic heterocycles. The van der Waals surface area contributed by atoms with Crippen molar-refractivity contribution >= 4 is 46.2 Å². The predicted octanol–water partition coefficient (Wildman–Crippen LogP) is 12.1. The minimum absolute atomic E-state index is 0. The average molecular weight is 890 g/mol. The number of rotatable bonds is 4. The van der Waals surface area contributed by atoms with Crippen LogP contribution in [-0.2, 0) is 30.9 Å². The Kier molecular flexibility index (Phi) is 10.5. The topological polar surface area (TPSA) is 43.9 Å². The molecule has 0 aliphatic rings. The minimum atomic E-state index is -1.26. The fraction of sp³-hybridized carbons (Fsp3) is 0.234. The summed E-state index contributed by atoms with van der Waals surface area (Å²) in [5, 5.41) is 3.58. The van der Waals surface area contributed by atoms with Crippen LogP contribution in [0.3, 0.4) is 0 Å². The molecule has 0 spiro atoms. The number of hydrogen-bond donors (Lipinski definition) is 0. The molecule has 4 nitrogen and oxygen atoms in total. The van der Waals surface area contributed by atoms with Gasteiger partial charge in [-0.1, -0.05) is 133 Å². The van der Waals surface area contributed by atoms with E-state index in [0.29, 0.717) is 0 Å². The summed E-state index contributed by atoms with van der Waals surface area (Å²) in [4.78, 5) is 9.69. The number of furan rings is 1. The third kappa shape index (κ3) is 7.73. The number of benzene rings is 5. The van der Waals surface area contributed by atoms with E-state index in [4.69, 9.17) is 9.40 Å². The van der Waals surface area contributed by atoms with E-state index in [1.807, 2.05) is 36.5 Å². The normalized spacial score (nSPS) is 12.1. The minimum Gasteiger partial charge on any atom is -0.501 e. The smallest absolute Gasteiger partial charge is 0.120 e. The standard InChI is InChI=1S/C29H23N2O.C18H24NSi.Ir/c1-29(2,3)22-14-5-7-16-24(22)31-25-17-8-6-15-23(25)30-28(31)21-13-10-12-20-19-11-4-9-18-26(19)32-27(20)21;1-18(2,3)15-9-7-14(8-10-15)17-12-11-16(13-19-17)20(4,5)6;/h4-12,14-18H,1-3H3;7,9-13H,1-6H3;/q2*-1;. The van der Waals surface area contributed by atoms with E-state index >= 15 is 0 Å². The van der Waals surface area contributed by atoms with Gasteiger partial charge in [0.25, 0.3) is 0 Å². The number of para-hydroxylation sites is 4. The molecular formula is C47H47IrN3OSi-2. The maximum absolute atomic E-state index is 6.34. The number of nitrogens with zero attached hydrogens (tertiary/aromatic N) is 3. The molecule has 0 saturated carbocycles. The van der Waals surface area contributed by atoms with Crippen molar-refractivity contribution in [3.05, 3.63) is 145 Å². The quantitative estimate of drug-likeness (QED) is 0.131. The predicted molar refractivity (Wildman–Crippen MR) is 222 cm³/mol. The van der Waals surface area contributed by atoms with Crippen molar-refractivity contribution in [1.29, 1.82) is 0 Å². The molecule has 271 valence electrons. The molecule has 8 aromatic rings. The Hall–Kier alpha value is -4.61. The summed E-state index contributed by atoms with van der Waals surface area (Å²) in [6.45, 7) is 20.4. The Bertz CT molecular complexity index is 2450. The Morgan fingerprint density at radius 2 is 1.42 bits per heavy atom. The molecule has 3 heterocycles. The molecule has 0 unspecified atom stereocenters. The van der Waals surface area contributed by atoms with Gasteiger partial charge in [-0.2, -0.15) is 0 Å². The van der Waals surface area contributed by atoms with Crippen LogP contribution in [0.4, 0.5) is 0 Å². The first kappa shape index (κ1) is 38.1. The summed E-state index contributed by atoms with van der Waals surface area (Å²) in [6.07, 6.45) is 2.03. The summed E-state index contributed by atoms with van der Waals surface area (Å²) in [5.41, 5.74) is 10.5. The molecule has 0 amide bonds. The summed E-state index contributed by atoms with van der Waals surface area (Å²) in [5.74, 6) is 0.840. The van der Waals surface area contributed by atoms with E-state index in [0.717, 1.165) is 61.3 Å². The number of aromatic nitrogens is 3. The largest absolute Gasteiger partial charge is 0.501 e. The van der Waals surface area contributed by atoms with Gasteiger partial charge in [0.1, 0.15) is 5.58 Å². The third-order valence-electron chi connectivity index (χ3n) is 9.66. The molecule has 1 radical (unpaired) electrons. The average Bonchev–Trinajstić information content (AvgIpc) is 3.70. The van der Waals surface area contributed by atoms with Crippen LogP contribution in [0.25, 0.3) is 61.3 Å². The van der Waals surface area contributed by atoms with Crippen molar-refractivity contribution < 1.29 is 24.5 Å². The fourth-order valence-electron chi connectivity index (χ4n) is 6.64. The zero-order chi connectivity index (χ0) is 36.8. The molecule has 8 rings (SSSR count). The zero-order valence-electron chi connectivity index (χ0n) is 32.1. The van der Waals surface area contributed by atoms with Gasteiger partial charge >= 0.3 is 0 Å². The van der Waals surface area contributed by atoms with Crippen LogP contribution in [-0.4, -0.2) is 22.6 Å². The molecule has 0 fully saturated rings. The number of pyridine rings is 1. The van der Waals surface area contributed by atoms with Gasteiger partial charge in [-0.25, -0.2) is 0 Å². The van der Waals surface area contributed by atoms with E-state index < -0.39 is 8.07 Å². The third-order valence-corrected chi connectivity index (χ3v) is 11.7. The maximum atomic E-state index is 6.34. The summed E-state index contributed by atoms with van der Waals surface area (Å²) >= 11 is 0. The van der Waals surface area contributed by atoms with Gasteiger partial charge < -0.3 is 14.0 Å². The van der Waals surface area contributed by atoms with Gasteiger partial charge in [-0.15, -0.1) is 53.6 Å². The molecule has 5 aromatic carbocycles. The maximum Gasteiger partial charge on any atom is 0.120 e. The molecule has 53 heavy (non-hydrogen) atoms. The van der Waals surface area contributed by atoms with Crippen LogP contribution in [0.15, 0.2) is 126 Å². The van der Waals surface area contributed by atoms with Crippen LogP contribution >= 0.6 is 0 Å². The Balaban J connectivity index is 0.000000199. The van der Waals surface area contributed by atoms with Gasteiger partial charge in [0, 0.05) is 37.4 Å². The molecule has 0 aliphatic heterocycles. The first-order valence-electron chi connectivity index (χ1n) is 18.1. The van der Waals surface area contributed by atoms with Crippen molar-refractivity contribution in [1.82, 2.24) is 14.5 Å². The second-order valence-electron chi connectivity index (χ2n) is 16.6. The van der Waals surface area contributed by atoms with E-state index in [2.05, 4.69) is 168 Å². The van der Waals surface area contributed by atoms with Crippen LogP contribution in [0.1, 0.15) is 52.7 Å². The molecule has 0 atom stereocenters. The van der Waals surface area contributed by atoms with Gasteiger partial charge in [0.05, 0.1) is 30.5 Å². The fourth-order valence-corrected chi connectivity index (χ4v) is 7.68. The summed E-state index contributed by atoms with van der Waals surface area (Å²) < 4.78 is 8.60. The molecule has 0 N–H and O–H groups in total. The van der Waals surface area contributed by atoms with E-state index in [1.54, 1.807) is 0 Å². The molecular weight excluding hydrogens is 843 g/mol. The van der Waals surface area contributed by atoms with Crippen molar-refractivity contribution in [2.45, 2.75) is 72.0 Å². The van der Waals surface area contributed by atoms with E-state index in [9.17, 15) is 0 Å². The second-order valence-corrected chi connectivity index (χ2v) is 21.7. The molecule has 0 aliphatic carbocycles. The number of fused-ring (bicyclic) bond motifs is 4. The Labute approximate surface area is 328 Å². The van der Waals surface area contributed by atoms with Crippen LogP contribution in [0.2, 0.25) is 19.6 Å². The van der Waals surface area contributed by atoms with Gasteiger partial charge in [0.2, 0.25) is 0 Å². The van der Waals surface area contributed by atoms with Crippen LogP contribution < -0.4 is 5.19 Å². The summed E-state index contributed by atoms with van der Waals surface area (Å²) in [7, 11) is -1.26. The first-order chi connectivity index (χ1) is 24.7. The molecule has 6 heteroatoms. The summed E-state index contributed by atoms with van der Waals surface area (Å²) in [6, 6.07) is 46.6. The van der Waals surface area contributed by atoms with Gasteiger partial charge in [-0.05, 0) is 51.5 Å². The van der Waals surface area contributed by atoms with E-state index in [1.165, 1.54) is 16.3 Å². The molecule has 0 bridgehead atoms. The monoisotopic (exact) mass is 890 g/mol. The van der Waals surface area contributed by atoms with Crippen molar-refractivity contribution in [3.63, 3.8) is 0 Å². The van der Waals surface area contributed by atoms with E-state index in [-0.39, 0.29) is 30.9 Å². The Morgan fingerprint density at radius 1 is 0.698 bits per heavy atom. The van der Waals surface area contributed by atoms with Crippen LogP contribution in [0.5, 0.6) is 0 Å². The van der Waals surface area contributed by atoms with Gasteiger partial charge in [0.15, 0.2) is 0 Å². The van der Waals surface area contributed by atoms with Crippen LogP contribution in [0, 0.1) is 12.1 Å². The first-order valence-corrected chi connectivity index (χ1v) is 21.6. The number of imidazole rings is 1. The number of hydrogen-bond acceptors (Lipinski definition) is 3. The van der Waals surface area contributed by atoms with Crippen molar-refractivity contribution in [2.24, 2.45) is 0 Å². The Morgan fingerprint density at radius 3 is 2.09 bits per heavy atom. The SMILES string of the molecule is CC(C)(C)c1c[c-]c(-c2ccc([Si](C)(C)C)cn2)cc1.CC(C)(C)c1ccccc1-n1c(-c2[c-]ccc3c2oc2ccccc23)nc2ccccc21.[Ir]. The van der Waals surface area contributed by atoms with Crippen molar-refractivity contribution in [3.8, 4) is 28.3 Å². The van der Waals surface area contributed by atoms with Crippen molar-refractivity contribution in [2.75, 3.05) is 0 Å². The zero-order valence-corrected chi connectivity index (χ0v) is 35.5.